The van der Waals surface area contributed by atoms with E-state index in [4.69, 9.17) is 0 Å². The van der Waals surface area contributed by atoms with Crippen molar-refractivity contribution in [3.05, 3.63) is 0 Å². The first-order valence-corrected chi connectivity index (χ1v) is 3.94. The van der Waals surface area contributed by atoms with Crippen LogP contribution in [0.5, 0.6) is 0 Å². The molecule has 0 amide bonds. The van der Waals surface area contributed by atoms with Gasteiger partial charge in [0.1, 0.15) is 0 Å². The molecule has 9 heteroatoms. The maximum Gasteiger partial charge on any atom is 0.432 e. The van der Waals surface area contributed by atoms with E-state index in [1.807, 2.05) is 0 Å². The lowest BCUT2D eigenvalue weighted by atomic mass is 10.1. The average Bonchev–Trinajstić information content (AvgIpc) is 1.95. The van der Waals surface area contributed by atoms with Gasteiger partial charge in [-0.3, -0.25) is 0 Å². The molecule has 1 unspecified atom stereocenters. The van der Waals surface area contributed by atoms with Gasteiger partial charge in [0.25, 0.3) is 5.00 Å². The van der Waals surface area contributed by atoms with Gasteiger partial charge < -0.3 is 0 Å². The second-order valence-corrected chi connectivity index (χ2v) is 4.09. The van der Waals surface area contributed by atoms with Crippen LogP contribution in [-0.2, 0) is 0 Å². The summed E-state index contributed by atoms with van der Waals surface area (Å²) >= 11 is -1.69. The number of thioether (sulfide) groups is 1. The van der Waals surface area contributed by atoms with E-state index in [1.165, 1.54) is 0 Å². The molecule has 1 atom stereocenters. The van der Waals surface area contributed by atoms with Crippen LogP contribution in [0.2, 0.25) is 0 Å². The maximum atomic E-state index is 12.7. The molecule has 0 aromatic heterocycles. The Morgan fingerprint density at radius 1 is 0.929 bits per heavy atom. The van der Waals surface area contributed by atoms with E-state index in [0.717, 1.165) is 0 Å². The summed E-state index contributed by atoms with van der Waals surface area (Å²) in [5.74, 6) is -4.98. The zero-order valence-electron chi connectivity index (χ0n) is 6.14. The number of alkyl halides is 8. The summed E-state index contributed by atoms with van der Waals surface area (Å²) in [6.07, 6.45) is -8.29. The molecule has 0 nitrogen and oxygen atoms in total. The Morgan fingerprint density at radius 2 is 1.36 bits per heavy atom. The monoisotopic (exact) mass is 246 g/mol. The summed E-state index contributed by atoms with van der Waals surface area (Å²) in [6.45, 7) is 0. The van der Waals surface area contributed by atoms with Gasteiger partial charge in [-0.05, 0) is 11.8 Å². The molecule has 0 aromatic carbocycles. The number of hydrogen-bond acceptors (Lipinski definition) is 1. The Morgan fingerprint density at radius 3 is 1.50 bits per heavy atom. The maximum absolute atomic E-state index is 12.7. The zero-order valence-corrected chi connectivity index (χ0v) is 6.96. The van der Waals surface area contributed by atoms with Crippen LogP contribution in [-0.4, -0.2) is 22.4 Å². The summed E-state index contributed by atoms with van der Waals surface area (Å²) in [4.78, 5) is 0. The molecule has 0 aliphatic carbocycles. The Bertz CT molecular complexity index is 227. The first kappa shape index (κ1) is 11.9. The minimum Gasteiger partial charge on any atom is -0.221 e. The Hall–Kier alpha value is -0.210. The van der Waals surface area contributed by atoms with Crippen LogP contribution in [0.15, 0.2) is 0 Å². The van der Waals surface area contributed by atoms with Gasteiger partial charge in [0.2, 0.25) is 0 Å². The van der Waals surface area contributed by atoms with Crippen molar-refractivity contribution in [2.24, 2.45) is 0 Å². The molecule has 1 heterocycles. The van der Waals surface area contributed by atoms with E-state index in [9.17, 15) is 35.1 Å². The average molecular weight is 246 g/mol. The number of halogens is 8. The third kappa shape index (κ3) is 1.55. The van der Waals surface area contributed by atoms with Crippen molar-refractivity contribution in [1.29, 1.82) is 0 Å². The van der Waals surface area contributed by atoms with Crippen molar-refractivity contribution in [1.82, 2.24) is 0 Å². The molecule has 0 spiro atoms. The van der Waals surface area contributed by atoms with Crippen LogP contribution >= 0.6 is 11.8 Å². The van der Waals surface area contributed by atoms with Crippen molar-refractivity contribution in [2.45, 2.75) is 28.8 Å². The molecule has 14 heavy (non-hydrogen) atoms. The fourth-order valence-electron chi connectivity index (χ4n) is 0.860. The zero-order chi connectivity index (χ0) is 11.4. The molecule has 1 aliphatic heterocycles. The van der Waals surface area contributed by atoms with E-state index in [2.05, 4.69) is 0 Å². The van der Waals surface area contributed by atoms with Gasteiger partial charge in [-0.25, -0.2) is 4.39 Å². The van der Waals surface area contributed by atoms with Crippen molar-refractivity contribution in [3.8, 4) is 0 Å². The minimum atomic E-state index is -5.74. The van der Waals surface area contributed by atoms with E-state index in [0.29, 0.717) is 0 Å². The molecule has 0 saturated carbocycles. The molecular formula is C5H2F8S. The first-order valence-electron chi connectivity index (χ1n) is 3.13. The molecule has 0 bridgehead atoms. The lowest BCUT2D eigenvalue weighted by molar-refractivity contribution is -0.217. The highest BCUT2D eigenvalue weighted by molar-refractivity contribution is 8.01. The highest BCUT2D eigenvalue weighted by Crippen LogP contribution is 2.65. The van der Waals surface area contributed by atoms with Crippen LogP contribution < -0.4 is 0 Å². The molecule has 1 aliphatic rings. The fourth-order valence-corrected chi connectivity index (χ4v) is 1.86. The Balaban J connectivity index is 3.03. The Labute approximate surface area is 76.6 Å². The molecule has 0 aromatic rings. The second kappa shape index (κ2) is 2.67. The summed E-state index contributed by atoms with van der Waals surface area (Å²) in [6, 6.07) is 0. The molecular weight excluding hydrogens is 244 g/mol. The third-order valence-corrected chi connectivity index (χ3v) is 2.84. The second-order valence-electron chi connectivity index (χ2n) is 2.73. The van der Waals surface area contributed by atoms with Crippen molar-refractivity contribution in [2.75, 3.05) is 0 Å². The van der Waals surface area contributed by atoms with Gasteiger partial charge in [0.15, 0.2) is 0 Å². The van der Waals surface area contributed by atoms with Crippen molar-refractivity contribution < 1.29 is 35.1 Å². The molecule has 1 rings (SSSR count). The molecule has 0 radical (unpaired) electrons. The van der Waals surface area contributed by atoms with Crippen LogP contribution in [0.4, 0.5) is 35.1 Å². The molecule has 1 fully saturated rings. The number of hydrogen-bond donors (Lipinski definition) is 0. The lowest BCUT2D eigenvalue weighted by Crippen LogP contribution is -2.37. The summed E-state index contributed by atoms with van der Waals surface area (Å²) in [7, 11) is 0. The van der Waals surface area contributed by atoms with Gasteiger partial charge in [-0.2, -0.15) is 30.7 Å². The SMILES string of the molecule is FC(F)(F)C1(F)CC(F)(F)C(F)(F)S1. The molecule has 84 valence electrons. The predicted octanol–water partition coefficient (Wildman–Crippen LogP) is 3.58. The summed E-state index contributed by atoms with van der Waals surface area (Å²) in [5.41, 5.74) is 0. The highest BCUT2D eigenvalue weighted by Gasteiger charge is 2.78. The van der Waals surface area contributed by atoms with E-state index < -0.39 is 40.5 Å². The van der Waals surface area contributed by atoms with Crippen molar-refractivity contribution in [3.63, 3.8) is 0 Å². The normalized spacial score (nSPS) is 36.0. The number of rotatable bonds is 0. The van der Waals surface area contributed by atoms with Gasteiger partial charge in [0.05, 0.1) is 6.42 Å². The standard InChI is InChI=1S/C5H2F8S/c6-2(7)1-3(8,4(9,10)11)14-5(2,12)13/h1H2. The van der Waals surface area contributed by atoms with Gasteiger partial charge in [0, 0.05) is 0 Å². The molecule has 1 saturated heterocycles. The van der Waals surface area contributed by atoms with E-state index in [1.54, 1.807) is 0 Å². The van der Waals surface area contributed by atoms with E-state index >= 15 is 0 Å². The largest absolute Gasteiger partial charge is 0.432 e. The summed E-state index contributed by atoms with van der Waals surface area (Å²) < 4.78 is 96.9. The van der Waals surface area contributed by atoms with Crippen molar-refractivity contribution >= 4 is 11.8 Å². The first-order chi connectivity index (χ1) is 5.91. The molecule has 0 N–H and O–H groups in total. The van der Waals surface area contributed by atoms with Crippen LogP contribution in [0.25, 0.3) is 0 Å². The smallest absolute Gasteiger partial charge is 0.221 e. The van der Waals surface area contributed by atoms with Crippen LogP contribution in [0.3, 0.4) is 0 Å². The van der Waals surface area contributed by atoms with Gasteiger partial charge >= 0.3 is 17.4 Å². The third-order valence-electron chi connectivity index (χ3n) is 1.59. The van der Waals surface area contributed by atoms with E-state index in [-0.39, 0.29) is 0 Å². The summed E-state index contributed by atoms with van der Waals surface area (Å²) in [5, 5.41) is -9.61. The minimum absolute atomic E-state index is 1.69. The Kier molecular flexibility index (Phi) is 2.26. The topological polar surface area (TPSA) is 0 Å². The fraction of sp³-hybridized carbons (Fsp3) is 1.00. The predicted molar refractivity (Wildman–Crippen MR) is 32.0 cm³/mol. The quantitative estimate of drug-likeness (QED) is 0.588. The van der Waals surface area contributed by atoms with Gasteiger partial charge in [-0.1, -0.05) is 0 Å². The lowest BCUT2D eigenvalue weighted by Gasteiger charge is -2.20. The van der Waals surface area contributed by atoms with Crippen LogP contribution in [0.1, 0.15) is 6.42 Å². The van der Waals surface area contributed by atoms with Gasteiger partial charge in [-0.15, -0.1) is 0 Å². The van der Waals surface area contributed by atoms with Crippen LogP contribution in [0, 0.1) is 0 Å². The highest BCUT2D eigenvalue weighted by atomic mass is 32.2.